The molecule has 0 saturated carbocycles. The van der Waals surface area contributed by atoms with E-state index < -0.39 is 15.7 Å². The van der Waals surface area contributed by atoms with Gasteiger partial charge in [0.1, 0.15) is 5.82 Å². The maximum atomic E-state index is 13.4. The molecule has 1 aliphatic heterocycles. The number of benzene rings is 3. The standard InChI is InChI=1S/C24H19FN2O5S/c1-15-2-5-17(6-3-15)22-27-24(33(28,29)19-9-7-18(25)8-10-19)23(32-22)26-13-16-4-11-20-21(12-16)31-14-30-20/h2-12,26H,13-14H2,1H3. The molecular weight excluding hydrogens is 447 g/mol. The molecule has 0 aliphatic carbocycles. The van der Waals surface area contributed by atoms with Crippen LogP contribution in [0.25, 0.3) is 11.5 Å². The van der Waals surface area contributed by atoms with Crippen molar-refractivity contribution in [2.24, 2.45) is 0 Å². The third kappa shape index (κ3) is 4.14. The van der Waals surface area contributed by atoms with Gasteiger partial charge in [-0.25, -0.2) is 12.8 Å². The van der Waals surface area contributed by atoms with Crippen LogP contribution in [0.4, 0.5) is 10.3 Å². The number of anilines is 1. The van der Waals surface area contributed by atoms with Crippen molar-refractivity contribution in [3.8, 4) is 23.0 Å². The van der Waals surface area contributed by atoms with E-state index in [1.165, 1.54) is 12.1 Å². The molecule has 0 bridgehead atoms. The molecule has 0 radical (unpaired) electrons. The zero-order valence-electron chi connectivity index (χ0n) is 17.5. The Hall–Kier alpha value is -3.85. The summed E-state index contributed by atoms with van der Waals surface area (Å²) in [6.07, 6.45) is 0. The monoisotopic (exact) mass is 466 g/mol. The smallest absolute Gasteiger partial charge is 0.234 e. The summed E-state index contributed by atoms with van der Waals surface area (Å²) >= 11 is 0. The van der Waals surface area contributed by atoms with E-state index in [4.69, 9.17) is 13.9 Å². The predicted octanol–water partition coefficient (Wildman–Crippen LogP) is 4.96. The number of nitrogens with one attached hydrogen (secondary N) is 1. The molecule has 9 heteroatoms. The molecule has 3 aromatic carbocycles. The first-order valence-corrected chi connectivity index (χ1v) is 11.6. The second kappa shape index (κ2) is 8.25. The Balaban J connectivity index is 1.52. The van der Waals surface area contributed by atoms with Crippen molar-refractivity contribution in [1.82, 2.24) is 4.98 Å². The fraction of sp³-hybridized carbons (Fsp3) is 0.125. The van der Waals surface area contributed by atoms with E-state index in [0.717, 1.165) is 23.3 Å². The Kier molecular flexibility index (Phi) is 5.26. The van der Waals surface area contributed by atoms with E-state index in [-0.39, 0.29) is 35.0 Å². The van der Waals surface area contributed by atoms with Gasteiger partial charge in [-0.3, -0.25) is 0 Å². The lowest BCUT2D eigenvalue weighted by molar-refractivity contribution is 0.174. The summed E-state index contributed by atoms with van der Waals surface area (Å²) in [7, 11) is -4.07. The summed E-state index contributed by atoms with van der Waals surface area (Å²) in [5, 5.41) is 2.76. The van der Waals surface area contributed by atoms with E-state index in [1.807, 2.05) is 25.1 Å². The van der Waals surface area contributed by atoms with Crippen molar-refractivity contribution in [1.29, 1.82) is 0 Å². The molecule has 1 aliphatic rings. The average molecular weight is 466 g/mol. The highest BCUT2D eigenvalue weighted by Gasteiger charge is 2.28. The number of oxazole rings is 1. The molecule has 0 unspecified atom stereocenters. The summed E-state index contributed by atoms with van der Waals surface area (Å²) in [5.74, 6) is 0.887. The lowest BCUT2D eigenvalue weighted by atomic mass is 10.1. The molecule has 0 fully saturated rings. The second-order valence-corrected chi connectivity index (χ2v) is 9.38. The molecular formula is C24H19FN2O5S. The lowest BCUT2D eigenvalue weighted by Crippen LogP contribution is -2.07. The van der Waals surface area contributed by atoms with Gasteiger partial charge in [-0.1, -0.05) is 23.8 Å². The highest BCUT2D eigenvalue weighted by molar-refractivity contribution is 7.91. The molecule has 0 amide bonds. The van der Waals surface area contributed by atoms with E-state index in [0.29, 0.717) is 17.1 Å². The number of halogens is 1. The Morgan fingerprint density at radius 2 is 1.70 bits per heavy atom. The Morgan fingerprint density at radius 1 is 0.970 bits per heavy atom. The van der Waals surface area contributed by atoms with Crippen LogP contribution in [-0.4, -0.2) is 20.2 Å². The van der Waals surface area contributed by atoms with Gasteiger partial charge in [0, 0.05) is 12.1 Å². The van der Waals surface area contributed by atoms with Crippen LogP contribution in [0, 0.1) is 12.7 Å². The number of sulfone groups is 1. The minimum Gasteiger partial charge on any atom is -0.454 e. The average Bonchev–Trinajstić information content (AvgIpc) is 3.45. The van der Waals surface area contributed by atoms with Gasteiger partial charge in [0.2, 0.25) is 33.4 Å². The maximum Gasteiger partial charge on any atom is 0.234 e. The van der Waals surface area contributed by atoms with Crippen molar-refractivity contribution in [3.05, 3.63) is 83.7 Å². The van der Waals surface area contributed by atoms with Crippen LogP contribution in [-0.2, 0) is 16.4 Å². The molecule has 0 saturated heterocycles. The highest BCUT2D eigenvalue weighted by Crippen LogP contribution is 2.35. The number of aryl methyl sites for hydroxylation is 1. The molecule has 0 spiro atoms. The Morgan fingerprint density at radius 3 is 2.45 bits per heavy atom. The Bertz CT molecular complexity index is 1410. The fourth-order valence-corrected chi connectivity index (χ4v) is 4.66. The molecule has 0 atom stereocenters. The van der Waals surface area contributed by atoms with E-state index in [9.17, 15) is 12.8 Å². The number of hydrogen-bond donors (Lipinski definition) is 1. The normalized spacial score (nSPS) is 12.7. The first kappa shape index (κ1) is 21.0. The number of hydrogen-bond acceptors (Lipinski definition) is 7. The fourth-order valence-electron chi connectivity index (χ4n) is 3.38. The first-order chi connectivity index (χ1) is 15.9. The molecule has 1 aromatic heterocycles. The minimum atomic E-state index is -4.07. The Labute approximate surface area is 189 Å². The maximum absolute atomic E-state index is 13.4. The van der Waals surface area contributed by atoms with Gasteiger partial charge in [-0.15, -0.1) is 0 Å². The topological polar surface area (TPSA) is 90.7 Å². The molecule has 7 nitrogen and oxygen atoms in total. The zero-order valence-corrected chi connectivity index (χ0v) is 18.4. The number of fused-ring (bicyclic) bond motifs is 1. The molecule has 33 heavy (non-hydrogen) atoms. The van der Waals surface area contributed by atoms with E-state index >= 15 is 0 Å². The van der Waals surface area contributed by atoms with Gasteiger partial charge in [0.25, 0.3) is 0 Å². The van der Waals surface area contributed by atoms with Gasteiger partial charge in [-0.2, -0.15) is 4.98 Å². The van der Waals surface area contributed by atoms with Gasteiger partial charge in [0.15, 0.2) is 11.5 Å². The molecule has 5 rings (SSSR count). The second-order valence-electron chi connectivity index (χ2n) is 7.52. The van der Waals surface area contributed by atoms with Crippen molar-refractivity contribution < 1.29 is 26.7 Å². The van der Waals surface area contributed by atoms with Gasteiger partial charge in [-0.05, 0) is 61.0 Å². The molecule has 4 aromatic rings. The molecule has 168 valence electrons. The summed E-state index contributed by atoms with van der Waals surface area (Å²) in [4.78, 5) is 4.21. The molecule has 2 heterocycles. The number of nitrogens with zero attached hydrogens (tertiary/aromatic N) is 1. The van der Waals surface area contributed by atoms with Crippen LogP contribution >= 0.6 is 0 Å². The van der Waals surface area contributed by atoms with Crippen LogP contribution in [0.15, 0.2) is 81.1 Å². The van der Waals surface area contributed by atoms with Crippen LogP contribution in [0.5, 0.6) is 11.5 Å². The lowest BCUT2D eigenvalue weighted by Gasteiger charge is -2.07. The van der Waals surface area contributed by atoms with Crippen molar-refractivity contribution in [2.45, 2.75) is 23.4 Å². The quantitative estimate of drug-likeness (QED) is 0.402. The number of ether oxygens (including phenoxy) is 2. The summed E-state index contributed by atoms with van der Waals surface area (Å²) in [6, 6.07) is 17.4. The largest absolute Gasteiger partial charge is 0.454 e. The van der Waals surface area contributed by atoms with Crippen molar-refractivity contribution >= 4 is 15.7 Å². The van der Waals surface area contributed by atoms with E-state index in [1.54, 1.807) is 24.3 Å². The van der Waals surface area contributed by atoms with Crippen molar-refractivity contribution in [3.63, 3.8) is 0 Å². The van der Waals surface area contributed by atoms with Crippen LogP contribution < -0.4 is 14.8 Å². The minimum absolute atomic E-state index is 0.00688. The summed E-state index contributed by atoms with van der Waals surface area (Å²) < 4.78 is 56.5. The zero-order chi connectivity index (χ0) is 23.0. The predicted molar refractivity (Wildman–Crippen MR) is 118 cm³/mol. The summed E-state index contributed by atoms with van der Waals surface area (Å²) in [5.41, 5.74) is 2.51. The van der Waals surface area contributed by atoms with Crippen LogP contribution in [0.3, 0.4) is 0 Å². The van der Waals surface area contributed by atoms with Gasteiger partial charge >= 0.3 is 0 Å². The first-order valence-electron chi connectivity index (χ1n) is 10.1. The number of rotatable bonds is 6. The SMILES string of the molecule is Cc1ccc(-c2nc(S(=O)(=O)c3ccc(F)cc3)c(NCc3ccc4c(c3)OCO4)o2)cc1. The third-order valence-corrected chi connectivity index (χ3v) is 6.84. The van der Waals surface area contributed by atoms with Crippen LogP contribution in [0.1, 0.15) is 11.1 Å². The highest BCUT2D eigenvalue weighted by atomic mass is 32.2. The van der Waals surface area contributed by atoms with Gasteiger partial charge < -0.3 is 19.2 Å². The molecule has 1 N–H and O–H groups in total. The van der Waals surface area contributed by atoms with Crippen molar-refractivity contribution in [2.75, 3.05) is 12.1 Å². The third-order valence-electron chi connectivity index (χ3n) is 5.16. The van der Waals surface area contributed by atoms with Gasteiger partial charge in [0.05, 0.1) is 4.90 Å². The van der Waals surface area contributed by atoms with E-state index in [2.05, 4.69) is 10.3 Å². The number of aromatic nitrogens is 1. The van der Waals surface area contributed by atoms with Crippen LogP contribution in [0.2, 0.25) is 0 Å². The summed E-state index contributed by atoms with van der Waals surface area (Å²) in [6.45, 7) is 2.36.